The second-order valence-corrected chi connectivity index (χ2v) is 8.94. The van der Waals surface area contributed by atoms with Crippen molar-refractivity contribution in [2.75, 3.05) is 26.4 Å². The van der Waals surface area contributed by atoms with Crippen molar-refractivity contribution < 1.29 is 28.8 Å². The van der Waals surface area contributed by atoms with Gasteiger partial charge in [-0.05, 0) is 56.8 Å². The van der Waals surface area contributed by atoms with E-state index in [-0.39, 0.29) is 30.5 Å². The molecule has 0 aromatic rings. The quantitative estimate of drug-likeness (QED) is 0.722. The van der Waals surface area contributed by atoms with Crippen LogP contribution in [0, 0.1) is 17.8 Å². The van der Waals surface area contributed by atoms with E-state index in [0.717, 1.165) is 45.3 Å². The van der Waals surface area contributed by atoms with E-state index >= 15 is 0 Å². The molecule has 3 heterocycles. The summed E-state index contributed by atoms with van der Waals surface area (Å²) in [6.45, 7) is 2.84. The minimum absolute atomic E-state index is 0.0155. The Balaban J connectivity index is 1.05. The van der Waals surface area contributed by atoms with Crippen molar-refractivity contribution in [3.05, 3.63) is 0 Å². The third-order valence-electron chi connectivity index (χ3n) is 7.04. The molecule has 1 N–H and O–H groups in total. The molecule has 7 atom stereocenters. The molecule has 5 aliphatic rings. The van der Waals surface area contributed by atoms with Gasteiger partial charge in [-0.1, -0.05) is 0 Å². The lowest BCUT2D eigenvalue weighted by molar-refractivity contribution is -0.169. The van der Waals surface area contributed by atoms with Crippen LogP contribution < -0.4 is 0 Å². The van der Waals surface area contributed by atoms with Gasteiger partial charge in [-0.3, -0.25) is 0 Å². The number of ether oxygens (including phenoxy) is 5. The minimum Gasteiger partial charge on any atom is -0.393 e. The van der Waals surface area contributed by atoms with Crippen LogP contribution >= 0.6 is 0 Å². The van der Waals surface area contributed by atoms with Crippen LogP contribution in [0.15, 0.2) is 0 Å². The van der Waals surface area contributed by atoms with Gasteiger partial charge < -0.3 is 28.8 Å². The summed E-state index contributed by atoms with van der Waals surface area (Å²) in [5.41, 5.74) is 0. The molecule has 3 saturated heterocycles. The Morgan fingerprint density at radius 3 is 2.46 bits per heavy atom. The fourth-order valence-electron chi connectivity index (χ4n) is 5.20. The van der Waals surface area contributed by atoms with Crippen molar-refractivity contribution in [3.8, 4) is 0 Å². The van der Waals surface area contributed by atoms with E-state index in [4.69, 9.17) is 23.7 Å². The lowest BCUT2D eigenvalue weighted by Gasteiger charge is -2.27. The molecule has 0 aromatic heterocycles. The first-order valence-corrected chi connectivity index (χ1v) is 10.6. The molecule has 0 aromatic carbocycles. The lowest BCUT2D eigenvalue weighted by atomic mass is 9.88. The van der Waals surface area contributed by atoms with E-state index in [9.17, 15) is 5.11 Å². The lowest BCUT2D eigenvalue weighted by Crippen LogP contribution is -2.32. The molecule has 0 radical (unpaired) electrons. The Bertz CT molecular complexity index is 479. The molecule has 148 valence electrons. The first-order valence-electron chi connectivity index (χ1n) is 10.6. The number of epoxide rings is 1. The van der Waals surface area contributed by atoms with Crippen molar-refractivity contribution in [3.63, 3.8) is 0 Å². The number of hydrogen-bond acceptors (Lipinski definition) is 6. The smallest absolute Gasteiger partial charge is 0.184 e. The van der Waals surface area contributed by atoms with E-state index in [1.165, 1.54) is 12.8 Å². The van der Waals surface area contributed by atoms with Crippen LogP contribution in [-0.4, -0.2) is 68.3 Å². The van der Waals surface area contributed by atoms with Crippen LogP contribution in [0.2, 0.25) is 0 Å². The molecule has 2 aliphatic carbocycles. The van der Waals surface area contributed by atoms with E-state index in [1.807, 2.05) is 0 Å². The van der Waals surface area contributed by atoms with Crippen molar-refractivity contribution in [1.29, 1.82) is 0 Å². The average Bonchev–Trinajstić information content (AvgIpc) is 3.14. The molecule has 5 rings (SSSR count). The monoisotopic (exact) mass is 368 g/mol. The Kier molecular flexibility index (Phi) is 5.24. The summed E-state index contributed by atoms with van der Waals surface area (Å²) < 4.78 is 29.8. The fraction of sp³-hybridized carbons (Fsp3) is 1.00. The second-order valence-electron chi connectivity index (χ2n) is 8.94. The number of rotatable bonds is 6. The van der Waals surface area contributed by atoms with E-state index in [2.05, 4.69) is 0 Å². The SMILES string of the molecule is OC1CCC(COC2COC3C(OCC4CCC5OC5C4)OCC23)CC1. The standard InChI is InChI=1S/C20H32O6/c21-14-4-1-12(2-5-14)8-22-18-11-23-19-15(18)10-25-20(19)24-9-13-3-6-16-17(7-13)26-16/h12-21H,1-11H2. The Morgan fingerprint density at radius 1 is 0.808 bits per heavy atom. The van der Waals surface area contributed by atoms with Crippen LogP contribution in [0.4, 0.5) is 0 Å². The van der Waals surface area contributed by atoms with Crippen molar-refractivity contribution >= 4 is 0 Å². The second kappa shape index (κ2) is 7.64. The first-order chi connectivity index (χ1) is 12.8. The number of aliphatic hydroxyl groups excluding tert-OH is 1. The molecule has 0 spiro atoms. The van der Waals surface area contributed by atoms with Gasteiger partial charge in [0.25, 0.3) is 0 Å². The maximum absolute atomic E-state index is 9.62. The molecule has 6 nitrogen and oxygen atoms in total. The molecule has 0 amide bonds. The van der Waals surface area contributed by atoms with Gasteiger partial charge in [-0.25, -0.2) is 0 Å². The van der Waals surface area contributed by atoms with Gasteiger partial charge in [0.2, 0.25) is 0 Å². The topological polar surface area (TPSA) is 69.7 Å². The van der Waals surface area contributed by atoms with Crippen molar-refractivity contribution in [2.24, 2.45) is 17.8 Å². The Labute approximate surface area is 155 Å². The number of aliphatic hydroxyl groups is 1. The Hall–Kier alpha value is -0.240. The summed E-state index contributed by atoms with van der Waals surface area (Å²) >= 11 is 0. The highest BCUT2D eigenvalue weighted by atomic mass is 16.7. The molecule has 6 heteroatoms. The molecular formula is C20H32O6. The zero-order chi connectivity index (χ0) is 17.5. The first kappa shape index (κ1) is 17.8. The molecule has 26 heavy (non-hydrogen) atoms. The van der Waals surface area contributed by atoms with Crippen molar-refractivity contribution in [1.82, 2.24) is 0 Å². The zero-order valence-corrected chi connectivity index (χ0v) is 15.5. The van der Waals surface area contributed by atoms with Crippen LogP contribution in [0.3, 0.4) is 0 Å². The summed E-state index contributed by atoms with van der Waals surface area (Å²) in [7, 11) is 0. The summed E-state index contributed by atoms with van der Waals surface area (Å²) in [6.07, 6.45) is 8.30. The maximum atomic E-state index is 9.62. The number of fused-ring (bicyclic) bond motifs is 2. The van der Waals surface area contributed by atoms with Crippen LogP contribution in [0.1, 0.15) is 44.9 Å². The minimum atomic E-state index is -0.240. The zero-order valence-electron chi connectivity index (χ0n) is 15.5. The molecule has 3 aliphatic heterocycles. The fourth-order valence-corrected chi connectivity index (χ4v) is 5.20. The van der Waals surface area contributed by atoms with Crippen molar-refractivity contribution in [2.45, 2.75) is 81.8 Å². The molecule has 2 saturated carbocycles. The summed E-state index contributed by atoms with van der Waals surface area (Å²) in [5, 5.41) is 9.62. The average molecular weight is 368 g/mol. The van der Waals surface area contributed by atoms with Gasteiger partial charge in [-0.15, -0.1) is 0 Å². The van der Waals surface area contributed by atoms with Crippen LogP contribution in [0.5, 0.6) is 0 Å². The third-order valence-corrected chi connectivity index (χ3v) is 7.04. The summed E-state index contributed by atoms with van der Waals surface area (Å²) in [4.78, 5) is 0. The third kappa shape index (κ3) is 3.82. The molecular weight excluding hydrogens is 336 g/mol. The highest BCUT2D eigenvalue weighted by Crippen LogP contribution is 2.40. The molecule has 5 fully saturated rings. The van der Waals surface area contributed by atoms with Gasteiger partial charge in [-0.2, -0.15) is 0 Å². The van der Waals surface area contributed by atoms with Gasteiger partial charge in [0, 0.05) is 12.5 Å². The van der Waals surface area contributed by atoms with Gasteiger partial charge >= 0.3 is 0 Å². The largest absolute Gasteiger partial charge is 0.393 e. The summed E-state index contributed by atoms with van der Waals surface area (Å²) in [5.74, 6) is 1.46. The van der Waals surface area contributed by atoms with E-state index in [1.54, 1.807) is 0 Å². The summed E-state index contributed by atoms with van der Waals surface area (Å²) in [6, 6.07) is 0. The van der Waals surface area contributed by atoms with Crippen LogP contribution in [-0.2, 0) is 23.7 Å². The predicted octanol–water partition coefficient (Wildman–Crippen LogP) is 1.88. The highest BCUT2D eigenvalue weighted by Gasteiger charge is 2.49. The number of hydrogen-bond donors (Lipinski definition) is 1. The highest BCUT2D eigenvalue weighted by molar-refractivity contribution is 4.93. The predicted molar refractivity (Wildman–Crippen MR) is 92.6 cm³/mol. The van der Waals surface area contributed by atoms with Crippen LogP contribution in [0.25, 0.3) is 0 Å². The van der Waals surface area contributed by atoms with Gasteiger partial charge in [0.1, 0.15) is 6.10 Å². The van der Waals surface area contributed by atoms with E-state index in [0.29, 0.717) is 37.3 Å². The Morgan fingerprint density at radius 2 is 1.62 bits per heavy atom. The molecule has 7 unspecified atom stereocenters. The maximum Gasteiger partial charge on any atom is 0.184 e. The van der Waals surface area contributed by atoms with Gasteiger partial charge in [0.15, 0.2) is 6.29 Å². The normalized spacial score (nSPS) is 50.4. The van der Waals surface area contributed by atoms with E-state index < -0.39 is 0 Å². The molecule has 0 bridgehead atoms. The van der Waals surface area contributed by atoms with Gasteiger partial charge in [0.05, 0.1) is 44.2 Å².